The number of hydrogen-bond donors (Lipinski definition) is 2. The first kappa shape index (κ1) is 18.6. The Morgan fingerprint density at radius 2 is 2.12 bits per heavy atom. The zero-order valence-corrected chi connectivity index (χ0v) is 15.3. The maximum absolute atomic E-state index is 5.74. The van der Waals surface area contributed by atoms with Gasteiger partial charge in [-0.05, 0) is 37.3 Å². The third kappa shape index (κ3) is 6.26. The number of anilines is 1. The Bertz CT molecular complexity index is 614. The average molecular weight is 359 g/mol. The predicted octanol–water partition coefficient (Wildman–Crippen LogP) is 3.21. The maximum atomic E-state index is 5.74. The Balaban J connectivity index is 1.51. The lowest BCUT2D eigenvalue weighted by atomic mass is 10.3. The first-order valence-corrected chi connectivity index (χ1v) is 9.49. The van der Waals surface area contributed by atoms with E-state index in [1.807, 2.05) is 24.3 Å². The lowest BCUT2D eigenvalue weighted by Gasteiger charge is -2.14. The van der Waals surface area contributed by atoms with Crippen LogP contribution in [0.3, 0.4) is 0 Å². The zero-order valence-electron chi connectivity index (χ0n) is 15.3. The summed E-state index contributed by atoms with van der Waals surface area (Å²) in [6.45, 7) is 8.14. The average Bonchev–Trinajstić information content (AvgIpc) is 3.48. The van der Waals surface area contributed by atoms with Gasteiger partial charge in [0.25, 0.3) is 0 Å². The molecule has 1 aliphatic carbocycles. The Morgan fingerprint density at radius 1 is 1.27 bits per heavy atom. The fourth-order valence-corrected chi connectivity index (χ4v) is 2.58. The van der Waals surface area contributed by atoms with Gasteiger partial charge in [-0.3, -0.25) is 4.99 Å². The van der Waals surface area contributed by atoms with Crippen LogP contribution in [-0.2, 0) is 4.74 Å². The molecule has 0 spiro atoms. The Kier molecular flexibility index (Phi) is 7.19. The quantitative estimate of drug-likeness (QED) is 0.307. The van der Waals surface area contributed by atoms with Crippen molar-refractivity contribution in [3.05, 3.63) is 30.9 Å². The van der Waals surface area contributed by atoms with Crippen molar-refractivity contribution in [3.63, 3.8) is 0 Å². The molecule has 1 aromatic rings. The van der Waals surface area contributed by atoms with Crippen molar-refractivity contribution in [2.24, 2.45) is 10.9 Å². The van der Waals surface area contributed by atoms with Crippen LogP contribution in [-0.4, -0.2) is 45.5 Å². The van der Waals surface area contributed by atoms with Crippen LogP contribution in [0.4, 0.5) is 5.69 Å². The number of guanidine groups is 1. The molecule has 0 atom stereocenters. The van der Waals surface area contributed by atoms with Gasteiger partial charge in [0.05, 0.1) is 13.2 Å². The van der Waals surface area contributed by atoms with Crippen LogP contribution in [0, 0.1) is 5.92 Å². The first-order chi connectivity index (χ1) is 12.8. The summed E-state index contributed by atoms with van der Waals surface area (Å²) < 4.78 is 17.1. The van der Waals surface area contributed by atoms with Gasteiger partial charge < -0.3 is 24.8 Å². The van der Waals surface area contributed by atoms with Gasteiger partial charge in [0.1, 0.15) is 0 Å². The van der Waals surface area contributed by atoms with Gasteiger partial charge in [-0.2, -0.15) is 0 Å². The summed E-state index contributed by atoms with van der Waals surface area (Å²) in [4.78, 5) is 4.61. The highest BCUT2D eigenvalue weighted by molar-refractivity contribution is 5.94. The Labute approximate surface area is 155 Å². The maximum Gasteiger partial charge on any atom is 0.196 e. The number of nitrogens with zero attached hydrogens (tertiary/aromatic N) is 1. The summed E-state index contributed by atoms with van der Waals surface area (Å²) >= 11 is 0. The van der Waals surface area contributed by atoms with E-state index in [-0.39, 0.29) is 0 Å². The first-order valence-electron chi connectivity index (χ1n) is 9.49. The van der Waals surface area contributed by atoms with Gasteiger partial charge in [0, 0.05) is 44.5 Å². The summed E-state index contributed by atoms with van der Waals surface area (Å²) in [5.41, 5.74) is 0.912. The molecule has 0 bridgehead atoms. The number of nitrogens with one attached hydrogen (secondary N) is 2. The molecule has 0 saturated heterocycles. The second-order valence-electron chi connectivity index (χ2n) is 6.61. The molecule has 0 unspecified atom stereocenters. The minimum absolute atomic E-state index is 0.647. The second-order valence-corrected chi connectivity index (χ2v) is 6.61. The van der Waals surface area contributed by atoms with E-state index < -0.39 is 0 Å². The van der Waals surface area contributed by atoms with E-state index in [9.17, 15) is 0 Å². The normalized spacial score (nSPS) is 16.7. The molecule has 1 aromatic carbocycles. The number of aliphatic imine (C=N–C) groups is 1. The summed E-state index contributed by atoms with van der Waals surface area (Å²) in [5, 5.41) is 6.56. The van der Waals surface area contributed by atoms with Gasteiger partial charge in [-0.15, -0.1) is 6.58 Å². The van der Waals surface area contributed by atoms with Crippen molar-refractivity contribution in [1.29, 1.82) is 0 Å². The van der Waals surface area contributed by atoms with E-state index in [1.54, 1.807) is 0 Å². The summed E-state index contributed by atoms with van der Waals surface area (Å²) in [6, 6.07) is 5.85. The molecular weight excluding hydrogens is 330 g/mol. The lowest BCUT2D eigenvalue weighted by Crippen LogP contribution is -2.31. The Hall–Kier alpha value is -2.21. The highest BCUT2D eigenvalue weighted by atomic mass is 16.5. The lowest BCUT2D eigenvalue weighted by molar-refractivity contribution is 0.123. The molecule has 1 saturated carbocycles. The highest BCUT2D eigenvalue weighted by Gasteiger charge is 2.20. The van der Waals surface area contributed by atoms with Crippen LogP contribution in [0.1, 0.15) is 25.7 Å². The molecule has 0 aromatic heterocycles. The van der Waals surface area contributed by atoms with Crippen molar-refractivity contribution in [2.75, 3.05) is 44.8 Å². The molecule has 2 aliphatic rings. The van der Waals surface area contributed by atoms with Crippen LogP contribution in [0.15, 0.2) is 35.8 Å². The van der Waals surface area contributed by atoms with E-state index in [1.165, 1.54) is 12.8 Å². The SMILES string of the molecule is C=CCNC(=NCCCOCC1CC1)Nc1ccc2c(c1)OCCCO2. The van der Waals surface area contributed by atoms with Crippen LogP contribution < -0.4 is 20.1 Å². The number of rotatable bonds is 9. The third-order valence-electron chi connectivity index (χ3n) is 4.19. The van der Waals surface area contributed by atoms with Gasteiger partial charge in [-0.25, -0.2) is 0 Å². The molecule has 2 N–H and O–H groups in total. The monoisotopic (exact) mass is 359 g/mol. The van der Waals surface area contributed by atoms with E-state index in [2.05, 4.69) is 22.2 Å². The Morgan fingerprint density at radius 3 is 2.92 bits per heavy atom. The third-order valence-corrected chi connectivity index (χ3v) is 4.19. The molecule has 1 aliphatic heterocycles. The number of benzene rings is 1. The topological polar surface area (TPSA) is 64.1 Å². The van der Waals surface area contributed by atoms with Crippen molar-refractivity contribution in [3.8, 4) is 11.5 Å². The van der Waals surface area contributed by atoms with Crippen LogP contribution in [0.2, 0.25) is 0 Å². The van der Waals surface area contributed by atoms with Crippen LogP contribution >= 0.6 is 0 Å². The van der Waals surface area contributed by atoms with Gasteiger partial charge in [0.2, 0.25) is 0 Å². The summed E-state index contributed by atoms with van der Waals surface area (Å²) in [7, 11) is 0. The fourth-order valence-electron chi connectivity index (χ4n) is 2.58. The minimum atomic E-state index is 0.647. The molecule has 26 heavy (non-hydrogen) atoms. The van der Waals surface area contributed by atoms with Crippen molar-refractivity contribution >= 4 is 11.6 Å². The summed E-state index contributed by atoms with van der Waals surface area (Å²) in [6.07, 6.45) is 6.27. The molecule has 0 amide bonds. The molecule has 3 rings (SSSR count). The predicted molar refractivity (Wildman–Crippen MR) is 104 cm³/mol. The molecule has 6 nitrogen and oxygen atoms in total. The molecule has 1 fully saturated rings. The minimum Gasteiger partial charge on any atom is -0.490 e. The van der Waals surface area contributed by atoms with E-state index >= 15 is 0 Å². The molecule has 1 heterocycles. The van der Waals surface area contributed by atoms with Crippen molar-refractivity contribution in [1.82, 2.24) is 5.32 Å². The highest BCUT2D eigenvalue weighted by Crippen LogP contribution is 2.32. The number of hydrogen-bond acceptors (Lipinski definition) is 4. The zero-order chi connectivity index (χ0) is 18.0. The van der Waals surface area contributed by atoms with E-state index in [4.69, 9.17) is 14.2 Å². The molecule has 0 radical (unpaired) electrons. The number of ether oxygens (including phenoxy) is 3. The second kappa shape index (κ2) is 10.1. The largest absolute Gasteiger partial charge is 0.490 e. The fraction of sp³-hybridized carbons (Fsp3) is 0.550. The smallest absolute Gasteiger partial charge is 0.196 e. The van der Waals surface area contributed by atoms with Gasteiger partial charge in [-0.1, -0.05) is 6.08 Å². The van der Waals surface area contributed by atoms with Crippen molar-refractivity contribution in [2.45, 2.75) is 25.7 Å². The van der Waals surface area contributed by atoms with Gasteiger partial charge >= 0.3 is 0 Å². The molecular formula is C20H29N3O3. The van der Waals surface area contributed by atoms with Crippen molar-refractivity contribution < 1.29 is 14.2 Å². The molecule has 6 heteroatoms. The summed E-state index contributed by atoms with van der Waals surface area (Å²) in [5.74, 6) is 3.09. The molecule has 142 valence electrons. The van der Waals surface area contributed by atoms with E-state index in [0.717, 1.165) is 55.1 Å². The van der Waals surface area contributed by atoms with Gasteiger partial charge in [0.15, 0.2) is 17.5 Å². The van der Waals surface area contributed by atoms with E-state index in [0.29, 0.717) is 26.3 Å². The number of fused-ring (bicyclic) bond motifs is 1. The van der Waals surface area contributed by atoms with Crippen LogP contribution in [0.5, 0.6) is 11.5 Å². The van der Waals surface area contributed by atoms with Crippen LogP contribution in [0.25, 0.3) is 0 Å². The standard InChI is InChI=1S/C20H29N3O3/c1-2-9-21-20(22-10-3-11-24-15-16-5-6-16)23-17-7-8-18-19(14-17)26-13-4-12-25-18/h2,7-8,14,16H,1,3-6,9-13,15H2,(H2,21,22,23).